The van der Waals surface area contributed by atoms with E-state index in [1.165, 1.54) is 0 Å². The van der Waals surface area contributed by atoms with Crippen molar-refractivity contribution >= 4 is 11.6 Å². The van der Waals surface area contributed by atoms with Crippen LogP contribution in [0.15, 0.2) is 0 Å². The van der Waals surface area contributed by atoms with E-state index in [1.54, 1.807) is 0 Å². The van der Waals surface area contributed by atoms with Crippen LogP contribution in [0.3, 0.4) is 0 Å². The van der Waals surface area contributed by atoms with Gasteiger partial charge in [0.2, 0.25) is 0 Å². The Labute approximate surface area is 91.7 Å². The van der Waals surface area contributed by atoms with Gasteiger partial charge in [-0.1, -0.05) is 0 Å². The first-order valence-corrected chi connectivity index (χ1v) is 5.11. The largest absolute Gasteiger partial charge is 0.394 e. The van der Waals surface area contributed by atoms with Crippen LogP contribution < -0.4 is 0 Å². The normalized spacial score (nSPS) is 46.8. The molecule has 5 atom stereocenters. The molecule has 1 aliphatic heterocycles. The Morgan fingerprint density at radius 1 is 1.20 bits per heavy atom. The zero-order chi connectivity index (χ0) is 11.6. The van der Waals surface area contributed by atoms with Crippen LogP contribution in [0, 0.1) is 0 Å². The lowest BCUT2D eigenvalue weighted by atomic mass is 9.91. The lowest BCUT2D eigenvalue weighted by molar-refractivity contribution is -0.349. The van der Waals surface area contributed by atoms with Crippen molar-refractivity contribution in [3.8, 4) is 0 Å². The van der Waals surface area contributed by atoms with Crippen molar-refractivity contribution in [2.75, 3.05) is 12.5 Å². The molecule has 0 radical (unpaired) electrons. The first-order chi connectivity index (χ1) is 6.96. The molecule has 0 spiro atoms. The smallest absolute Gasteiger partial charge is 0.196 e. The Kier molecular flexibility index (Phi) is 4.30. The summed E-state index contributed by atoms with van der Waals surface area (Å²) in [6.45, 7) is -0.574. The molecule has 1 aliphatic rings. The van der Waals surface area contributed by atoms with Gasteiger partial charge in [0.05, 0.1) is 6.61 Å². The van der Waals surface area contributed by atoms with Gasteiger partial charge in [-0.2, -0.15) is 0 Å². The minimum atomic E-state index is -2.03. The van der Waals surface area contributed by atoms with Gasteiger partial charge in [-0.05, 0) is 0 Å². The molecule has 90 valence electrons. The van der Waals surface area contributed by atoms with Gasteiger partial charge in [0, 0.05) is 12.3 Å². The van der Waals surface area contributed by atoms with Crippen molar-refractivity contribution < 1.29 is 30.3 Å². The monoisotopic (exact) mass is 242 g/mol. The minimum Gasteiger partial charge on any atom is -0.394 e. The van der Waals surface area contributed by atoms with E-state index in [-0.39, 0.29) is 12.3 Å². The van der Waals surface area contributed by atoms with Crippen LogP contribution in [0.1, 0.15) is 6.42 Å². The molecule has 0 aromatic carbocycles. The maximum Gasteiger partial charge on any atom is 0.196 e. The van der Waals surface area contributed by atoms with E-state index in [1.807, 2.05) is 0 Å². The van der Waals surface area contributed by atoms with Crippen LogP contribution in [-0.4, -0.2) is 68.2 Å². The number of ether oxygens (including phenoxy) is 1. The molecule has 0 amide bonds. The summed E-state index contributed by atoms with van der Waals surface area (Å²) in [6.07, 6.45) is -5.94. The molecule has 1 heterocycles. The van der Waals surface area contributed by atoms with E-state index in [2.05, 4.69) is 0 Å². The third-order valence-corrected chi connectivity index (χ3v) is 2.69. The molecule has 1 unspecified atom stereocenters. The topological polar surface area (TPSA) is 110 Å². The van der Waals surface area contributed by atoms with Crippen LogP contribution in [0.25, 0.3) is 0 Å². The highest BCUT2D eigenvalue weighted by atomic mass is 35.5. The zero-order valence-corrected chi connectivity index (χ0v) is 8.71. The van der Waals surface area contributed by atoms with Gasteiger partial charge in [-0.15, -0.1) is 11.6 Å². The van der Waals surface area contributed by atoms with Crippen LogP contribution in [-0.2, 0) is 4.74 Å². The maximum absolute atomic E-state index is 9.79. The Hall–Kier alpha value is 0.0500. The number of hydrogen-bond donors (Lipinski definition) is 5. The predicted octanol–water partition coefficient (Wildman–Crippen LogP) is -2.22. The fourth-order valence-corrected chi connectivity index (χ4v) is 1.83. The molecule has 0 aromatic rings. The van der Waals surface area contributed by atoms with Crippen molar-refractivity contribution in [3.63, 3.8) is 0 Å². The van der Waals surface area contributed by atoms with Crippen molar-refractivity contribution in [1.29, 1.82) is 0 Å². The standard InChI is InChI=1S/C8H15ClO6/c9-2-1-8(14)7(13)6(12)5(11)4(3-10)15-8/h4-7,10-14H,1-3H2/t4-,5-,6+,7-,8?/m1/s1. The molecule has 7 heteroatoms. The maximum atomic E-state index is 9.79. The van der Waals surface area contributed by atoms with Crippen LogP contribution in [0.4, 0.5) is 0 Å². The van der Waals surface area contributed by atoms with Gasteiger partial charge in [0.25, 0.3) is 0 Å². The third kappa shape index (κ3) is 2.42. The number of alkyl halides is 1. The molecule has 0 bridgehead atoms. The van der Waals surface area contributed by atoms with E-state index < -0.39 is 36.8 Å². The van der Waals surface area contributed by atoms with Gasteiger partial charge in [-0.25, -0.2) is 0 Å². The molecule has 1 fully saturated rings. The number of rotatable bonds is 3. The first kappa shape index (κ1) is 13.1. The Morgan fingerprint density at radius 2 is 1.80 bits per heavy atom. The zero-order valence-electron chi connectivity index (χ0n) is 7.95. The summed E-state index contributed by atoms with van der Waals surface area (Å²) >= 11 is 5.41. The Morgan fingerprint density at radius 3 is 2.27 bits per heavy atom. The second-order valence-electron chi connectivity index (χ2n) is 3.55. The van der Waals surface area contributed by atoms with E-state index in [4.69, 9.17) is 21.4 Å². The SMILES string of the molecule is OC[C@H]1OC(O)(CCCl)[C@H](O)[C@@H](O)[C@@H]1O. The van der Waals surface area contributed by atoms with Crippen molar-refractivity contribution in [2.24, 2.45) is 0 Å². The average Bonchev–Trinajstić information content (AvgIpc) is 2.21. The van der Waals surface area contributed by atoms with Gasteiger partial charge in [0.15, 0.2) is 5.79 Å². The minimum absolute atomic E-state index is 0.00846. The summed E-state index contributed by atoms with van der Waals surface area (Å²) in [6, 6.07) is 0. The third-order valence-electron chi connectivity index (χ3n) is 2.50. The van der Waals surface area contributed by atoms with E-state index >= 15 is 0 Å². The van der Waals surface area contributed by atoms with Crippen molar-refractivity contribution in [2.45, 2.75) is 36.6 Å². The molecule has 1 rings (SSSR count). The quantitative estimate of drug-likeness (QED) is 0.359. The van der Waals surface area contributed by atoms with Crippen molar-refractivity contribution in [1.82, 2.24) is 0 Å². The number of halogens is 1. The lowest BCUT2D eigenvalue weighted by Crippen LogP contribution is -2.65. The molecular weight excluding hydrogens is 228 g/mol. The first-order valence-electron chi connectivity index (χ1n) is 4.57. The summed E-state index contributed by atoms with van der Waals surface area (Å²) in [5.74, 6) is -2.03. The highest BCUT2D eigenvalue weighted by Gasteiger charge is 2.51. The summed E-state index contributed by atoms with van der Waals surface area (Å²) in [5, 5.41) is 46.9. The van der Waals surface area contributed by atoms with Crippen LogP contribution >= 0.6 is 11.6 Å². The van der Waals surface area contributed by atoms with Crippen molar-refractivity contribution in [3.05, 3.63) is 0 Å². The Balaban J connectivity index is 2.82. The van der Waals surface area contributed by atoms with Gasteiger partial charge >= 0.3 is 0 Å². The molecule has 15 heavy (non-hydrogen) atoms. The fourth-order valence-electron chi connectivity index (χ4n) is 1.56. The fraction of sp³-hybridized carbons (Fsp3) is 1.00. The Bertz CT molecular complexity index is 213. The molecular formula is C8H15ClO6. The summed E-state index contributed by atoms with van der Waals surface area (Å²) < 4.78 is 4.92. The summed E-state index contributed by atoms with van der Waals surface area (Å²) in [5.41, 5.74) is 0. The van der Waals surface area contributed by atoms with E-state index in [0.29, 0.717) is 0 Å². The highest BCUT2D eigenvalue weighted by molar-refractivity contribution is 6.17. The molecule has 0 aromatic heterocycles. The molecule has 0 aliphatic carbocycles. The summed E-state index contributed by atoms with van der Waals surface area (Å²) in [7, 11) is 0. The van der Waals surface area contributed by atoms with Gasteiger partial charge in [-0.3, -0.25) is 0 Å². The number of hydrogen-bond acceptors (Lipinski definition) is 6. The number of aliphatic hydroxyl groups is 5. The second kappa shape index (κ2) is 4.92. The van der Waals surface area contributed by atoms with Gasteiger partial charge < -0.3 is 30.3 Å². The van der Waals surface area contributed by atoms with E-state index in [0.717, 1.165) is 0 Å². The number of aliphatic hydroxyl groups excluding tert-OH is 4. The van der Waals surface area contributed by atoms with Crippen LogP contribution in [0.2, 0.25) is 0 Å². The molecule has 0 saturated carbocycles. The van der Waals surface area contributed by atoms with Crippen LogP contribution in [0.5, 0.6) is 0 Å². The second-order valence-corrected chi connectivity index (χ2v) is 3.93. The molecule has 1 saturated heterocycles. The van der Waals surface area contributed by atoms with Gasteiger partial charge in [0.1, 0.15) is 24.4 Å². The molecule has 5 N–H and O–H groups in total. The average molecular weight is 243 g/mol. The summed E-state index contributed by atoms with van der Waals surface area (Å²) in [4.78, 5) is 0. The predicted molar refractivity (Wildman–Crippen MR) is 50.3 cm³/mol. The molecule has 6 nitrogen and oxygen atoms in total. The lowest BCUT2D eigenvalue weighted by Gasteiger charge is -2.45. The van der Waals surface area contributed by atoms with E-state index in [9.17, 15) is 20.4 Å². The highest BCUT2D eigenvalue weighted by Crippen LogP contribution is 2.30.